The van der Waals surface area contributed by atoms with Crippen LogP contribution < -0.4 is 20.1 Å². The molecule has 2 amide bonds. The fraction of sp³-hybridized carbons (Fsp3) is 0.500. The maximum atomic E-state index is 12.8. The van der Waals surface area contributed by atoms with E-state index in [1.54, 1.807) is 0 Å². The van der Waals surface area contributed by atoms with Crippen LogP contribution >= 0.6 is 0 Å². The standard InChI is InChI=1S/C22H30N2O6/c1-5-11-23-20(25)14(2)30-22(27)16-12-18(28-3)19(29-4)13-17(16)24-21(26)15-9-7-6-8-10-15/h5,12-15H,1,6-11H2,2-4H3,(H,23,25)(H,24,26)/t14-/m1/s1. The number of carbonyl (C=O) groups excluding carboxylic acids is 3. The molecule has 0 saturated heterocycles. The van der Waals surface area contributed by atoms with Crippen molar-refractivity contribution >= 4 is 23.5 Å². The molecule has 1 aliphatic rings. The molecule has 164 valence electrons. The number of hydrogen-bond donors (Lipinski definition) is 2. The van der Waals surface area contributed by atoms with E-state index in [0.29, 0.717) is 11.5 Å². The molecular weight excluding hydrogens is 388 g/mol. The molecule has 0 aliphatic heterocycles. The van der Waals surface area contributed by atoms with E-state index in [1.807, 2.05) is 0 Å². The third kappa shape index (κ3) is 5.98. The Hall–Kier alpha value is -3.03. The van der Waals surface area contributed by atoms with Gasteiger partial charge in [0.1, 0.15) is 0 Å². The van der Waals surface area contributed by atoms with Gasteiger partial charge in [-0.1, -0.05) is 25.3 Å². The molecule has 1 atom stereocenters. The smallest absolute Gasteiger partial charge is 0.341 e. The topological polar surface area (TPSA) is 103 Å². The Morgan fingerprint density at radius 1 is 1.13 bits per heavy atom. The second-order valence-corrected chi connectivity index (χ2v) is 7.16. The van der Waals surface area contributed by atoms with Gasteiger partial charge in [0, 0.05) is 24.6 Å². The monoisotopic (exact) mass is 418 g/mol. The summed E-state index contributed by atoms with van der Waals surface area (Å²) in [4.78, 5) is 37.6. The van der Waals surface area contributed by atoms with Crippen LogP contribution in [-0.2, 0) is 14.3 Å². The highest BCUT2D eigenvalue weighted by Gasteiger charge is 2.26. The molecule has 0 bridgehead atoms. The van der Waals surface area contributed by atoms with Gasteiger partial charge in [0.25, 0.3) is 5.91 Å². The van der Waals surface area contributed by atoms with Crippen LogP contribution in [0.3, 0.4) is 0 Å². The van der Waals surface area contributed by atoms with Crippen molar-refractivity contribution in [2.75, 3.05) is 26.1 Å². The summed E-state index contributed by atoms with van der Waals surface area (Å²) in [5.74, 6) is -0.770. The average molecular weight is 418 g/mol. The zero-order valence-electron chi connectivity index (χ0n) is 17.8. The molecular formula is C22H30N2O6. The Morgan fingerprint density at radius 2 is 1.77 bits per heavy atom. The number of nitrogens with one attached hydrogen (secondary N) is 2. The Balaban J connectivity index is 2.26. The van der Waals surface area contributed by atoms with E-state index in [2.05, 4.69) is 17.2 Å². The van der Waals surface area contributed by atoms with Gasteiger partial charge in [-0.25, -0.2) is 4.79 Å². The third-order valence-electron chi connectivity index (χ3n) is 5.05. The molecule has 8 heteroatoms. The van der Waals surface area contributed by atoms with E-state index in [9.17, 15) is 14.4 Å². The minimum Gasteiger partial charge on any atom is -0.493 e. The number of carbonyl (C=O) groups is 3. The largest absolute Gasteiger partial charge is 0.493 e. The number of hydrogen-bond acceptors (Lipinski definition) is 6. The fourth-order valence-electron chi connectivity index (χ4n) is 3.34. The summed E-state index contributed by atoms with van der Waals surface area (Å²) in [6, 6.07) is 2.96. The number of esters is 1. The van der Waals surface area contributed by atoms with Gasteiger partial charge in [-0.2, -0.15) is 0 Å². The van der Waals surface area contributed by atoms with Crippen LogP contribution in [0.4, 0.5) is 5.69 Å². The van der Waals surface area contributed by atoms with Gasteiger partial charge in [0.2, 0.25) is 5.91 Å². The van der Waals surface area contributed by atoms with Gasteiger partial charge in [0.05, 0.1) is 25.5 Å². The molecule has 1 saturated carbocycles. The quantitative estimate of drug-likeness (QED) is 0.472. The lowest BCUT2D eigenvalue weighted by molar-refractivity contribution is -0.128. The van der Waals surface area contributed by atoms with E-state index in [0.717, 1.165) is 32.1 Å². The van der Waals surface area contributed by atoms with E-state index in [-0.39, 0.29) is 29.6 Å². The van der Waals surface area contributed by atoms with Crippen molar-refractivity contribution in [1.29, 1.82) is 0 Å². The zero-order chi connectivity index (χ0) is 22.1. The summed E-state index contributed by atoms with van der Waals surface area (Å²) < 4.78 is 15.9. The van der Waals surface area contributed by atoms with Crippen LogP contribution in [0.15, 0.2) is 24.8 Å². The number of ether oxygens (including phenoxy) is 3. The molecule has 30 heavy (non-hydrogen) atoms. The van der Waals surface area contributed by atoms with Crippen LogP contribution in [0.2, 0.25) is 0 Å². The van der Waals surface area contributed by atoms with Crippen molar-refractivity contribution in [2.24, 2.45) is 5.92 Å². The van der Waals surface area contributed by atoms with Gasteiger partial charge in [-0.05, 0) is 19.8 Å². The summed E-state index contributed by atoms with van der Waals surface area (Å²) in [6.45, 7) is 5.26. The fourth-order valence-corrected chi connectivity index (χ4v) is 3.34. The highest BCUT2D eigenvalue weighted by atomic mass is 16.5. The molecule has 0 aromatic heterocycles. The van der Waals surface area contributed by atoms with Crippen molar-refractivity contribution in [3.05, 3.63) is 30.4 Å². The Morgan fingerprint density at radius 3 is 2.37 bits per heavy atom. The summed E-state index contributed by atoms with van der Waals surface area (Å²) in [5, 5.41) is 5.41. The molecule has 1 aromatic carbocycles. The number of rotatable bonds is 9. The summed E-state index contributed by atoms with van der Waals surface area (Å²) in [5.41, 5.74) is 0.340. The van der Waals surface area contributed by atoms with Crippen molar-refractivity contribution in [2.45, 2.75) is 45.1 Å². The molecule has 2 rings (SSSR count). The van der Waals surface area contributed by atoms with Crippen LogP contribution in [-0.4, -0.2) is 44.7 Å². The van der Waals surface area contributed by atoms with Gasteiger partial charge < -0.3 is 24.8 Å². The average Bonchev–Trinajstić information content (AvgIpc) is 2.77. The molecule has 0 spiro atoms. The van der Waals surface area contributed by atoms with Crippen LogP contribution in [0.1, 0.15) is 49.4 Å². The first kappa shape index (κ1) is 23.3. The zero-order valence-corrected chi connectivity index (χ0v) is 17.8. The summed E-state index contributed by atoms with van der Waals surface area (Å²) in [6.07, 6.45) is 5.29. The maximum absolute atomic E-state index is 12.8. The Labute approximate surface area is 176 Å². The normalized spacial score (nSPS) is 14.9. The van der Waals surface area contributed by atoms with Crippen molar-refractivity contribution in [3.63, 3.8) is 0 Å². The van der Waals surface area contributed by atoms with E-state index < -0.39 is 18.0 Å². The van der Waals surface area contributed by atoms with Gasteiger partial charge >= 0.3 is 5.97 Å². The summed E-state index contributed by atoms with van der Waals surface area (Å²) >= 11 is 0. The number of methoxy groups -OCH3 is 2. The highest BCUT2D eigenvalue weighted by Crippen LogP contribution is 2.35. The number of amides is 2. The van der Waals surface area contributed by atoms with Crippen molar-refractivity contribution in [3.8, 4) is 11.5 Å². The lowest BCUT2D eigenvalue weighted by Gasteiger charge is -2.22. The predicted molar refractivity (Wildman–Crippen MR) is 113 cm³/mol. The number of anilines is 1. The SMILES string of the molecule is C=CCNC(=O)[C@@H](C)OC(=O)c1cc(OC)c(OC)cc1NC(=O)C1CCCCC1. The molecule has 0 unspecified atom stereocenters. The second kappa shape index (κ2) is 11.2. The molecule has 0 heterocycles. The third-order valence-corrected chi connectivity index (χ3v) is 5.05. The lowest BCUT2D eigenvalue weighted by atomic mass is 9.88. The van der Waals surface area contributed by atoms with Gasteiger partial charge in [-0.15, -0.1) is 6.58 Å². The maximum Gasteiger partial charge on any atom is 0.341 e. The van der Waals surface area contributed by atoms with Crippen LogP contribution in [0.5, 0.6) is 11.5 Å². The molecule has 8 nitrogen and oxygen atoms in total. The summed E-state index contributed by atoms with van der Waals surface area (Å²) in [7, 11) is 2.91. The van der Waals surface area contributed by atoms with Crippen LogP contribution in [0, 0.1) is 5.92 Å². The van der Waals surface area contributed by atoms with Crippen LogP contribution in [0.25, 0.3) is 0 Å². The number of benzene rings is 1. The van der Waals surface area contributed by atoms with E-state index in [4.69, 9.17) is 14.2 Å². The predicted octanol–water partition coefficient (Wildman–Crippen LogP) is 3.07. The Bertz CT molecular complexity index is 786. The van der Waals surface area contributed by atoms with E-state index >= 15 is 0 Å². The van der Waals surface area contributed by atoms with E-state index in [1.165, 1.54) is 39.4 Å². The minimum atomic E-state index is -1.02. The highest BCUT2D eigenvalue weighted by molar-refractivity contribution is 6.03. The van der Waals surface area contributed by atoms with Crippen molar-refractivity contribution in [1.82, 2.24) is 5.32 Å². The lowest BCUT2D eigenvalue weighted by Crippen LogP contribution is -2.36. The molecule has 1 aromatic rings. The molecule has 0 radical (unpaired) electrons. The second-order valence-electron chi connectivity index (χ2n) is 7.16. The van der Waals surface area contributed by atoms with Crippen molar-refractivity contribution < 1.29 is 28.6 Å². The van der Waals surface area contributed by atoms with Gasteiger partial charge in [0.15, 0.2) is 17.6 Å². The Kier molecular flexibility index (Phi) is 8.70. The first-order valence-corrected chi connectivity index (χ1v) is 10.1. The molecule has 1 fully saturated rings. The minimum absolute atomic E-state index is 0.0835. The molecule has 2 N–H and O–H groups in total. The first-order chi connectivity index (χ1) is 14.4. The molecule has 1 aliphatic carbocycles. The first-order valence-electron chi connectivity index (χ1n) is 10.1. The van der Waals surface area contributed by atoms with Gasteiger partial charge in [-0.3, -0.25) is 9.59 Å².